The molecule has 0 saturated carbocycles. The van der Waals surface area contributed by atoms with E-state index in [1.165, 1.54) is 18.2 Å². The van der Waals surface area contributed by atoms with Gasteiger partial charge in [0, 0.05) is 23.8 Å². The largest absolute Gasteiger partial charge is 0.496 e. The zero-order valence-electron chi connectivity index (χ0n) is 14.1. The van der Waals surface area contributed by atoms with Crippen molar-refractivity contribution in [3.05, 3.63) is 75.8 Å². The summed E-state index contributed by atoms with van der Waals surface area (Å²) in [5, 5.41) is 13.7. The number of methoxy groups -OCH3 is 1. The molecule has 0 aliphatic carbocycles. The molecule has 0 bridgehead atoms. The van der Waals surface area contributed by atoms with Crippen LogP contribution >= 0.6 is 0 Å². The molecular weight excluding hydrogens is 320 g/mol. The van der Waals surface area contributed by atoms with E-state index in [9.17, 15) is 14.9 Å². The van der Waals surface area contributed by atoms with Gasteiger partial charge < -0.3 is 10.1 Å². The number of ether oxygens (including phenoxy) is 1. The van der Waals surface area contributed by atoms with Gasteiger partial charge in [0.25, 0.3) is 5.69 Å². The minimum absolute atomic E-state index is 0.0111. The van der Waals surface area contributed by atoms with Crippen molar-refractivity contribution in [2.75, 3.05) is 7.11 Å². The lowest BCUT2D eigenvalue weighted by Gasteiger charge is -2.19. The average molecular weight is 340 g/mol. The lowest BCUT2D eigenvalue weighted by molar-refractivity contribution is -0.384. The second-order valence-corrected chi connectivity index (χ2v) is 5.40. The minimum atomic E-state index is -0.466. The maximum atomic E-state index is 12.2. The Bertz CT molecular complexity index is 786. The first-order valence-corrected chi connectivity index (χ1v) is 7.91. The van der Waals surface area contributed by atoms with Crippen LogP contribution in [0.1, 0.15) is 30.5 Å². The number of rotatable bonds is 7. The molecule has 1 unspecified atom stereocenters. The number of nitrogens with one attached hydrogen (secondary N) is 1. The van der Waals surface area contributed by atoms with E-state index in [2.05, 4.69) is 5.32 Å². The molecule has 1 amide bonds. The Morgan fingerprint density at radius 1 is 1.28 bits per heavy atom. The molecule has 25 heavy (non-hydrogen) atoms. The molecule has 1 N–H and O–H groups in total. The number of amides is 1. The Balaban J connectivity index is 2.10. The number of nitro benzene ring substituents is 1. The fraction of sp³-hybridized carbons (Fsp3) is 0.211. The molecule has 0 aliphatic rings. The van der Waals surface area contributed by atoms with Crippen LogP contribution in [0.3, 0.4) is 0 Å². The maximum absolute atomic E-state index is 12.2. The highest BCUT2D eigenvalue weighted by Crippen LogP contribution is 2.26. The first-order valence-electron chi connectivity index (χ1n) is 7.91. The normalized spacial score (nSPS) is 11.9. The summed E-state index contributed by atoms with van der Waals surface area (Å²) in [5.41, 5.74) is 1.49. The minimum Gasteiger partial charge on any atom is -0.496 e. The molecule has 0 saturated heterocycles. The Morgan fingerprint density at radius 3 is 2.72 bits per heavy atom. The van der Waals surface area contributed by atoms with Gasteiger partial charge in [0.2, 0.25) is 5.91 Å². The predicted molar refractivity (Wildman–Crippen MR) is 96.3 cm³/mol. The summed E-state index contributed by atoms with van der Waals surface area (Å²) in [6.07, 6.45) is 3.63. The molecule has 6 heteroatoms. The Kier molecular flexibility index (Phi) is 6.28. The van der Waals surface area contributed by atoms with Crippen molar-refractivity contribution in [3.63, 3.8) is 0 Å². The summed E-state index contributed by atoms with van der Waals surface area (Å²) in [4.78, 5) is 22.5. The van der Waals surface area contributed by atoms with Crippen LogP contribution < -0.4 is 10.1 Å². The zero-order valence-corrected chi connectivity index (χ0v) is 14.1. The molecule has 0 aliphatic heterocycles. The van der Waals surface area contributed by atoms with E-state index >= 15 is 0 Å². The third-order valence-electron chi connectivity index (χ3n) is 3.75. The Hall–Kier alpha value is -3.15. The molecule has 6 nitrogen and oxygen atoms in total. The zero-order chi connectivity index (χ0) is 18.2. The fourth-order valence-corrected chi connectivity index (χ4v) is 2.49. The fourth-order valence-electron chi connectivity index (χ4n) is 2.49. The molecule has 1 atom stereocenters. The van der Waals surface area contributed by atoms with Gasteiger partial charge in [0.1, 0.15) is 5.75 Å². The van der Waals surface area contributed by atoms with Crippen molar-refractivity contribution >= 4 is 17.7 Å². The topological polar surface area (TPSA) is 81.5 Å². The summed E-state index contributed by atoms with van der Waals surface area (Å²) in [6, 6.07) is 13.5. The number of nitro groups is 1. The highest BCUT2D eigenvalue weighted by atomic mass is 16.6. The first-order chi connectivity index (χ1) is 12.0. The average Bonchev–Trinajstić information content (AvgIpc) is 2.64. The van der Waals surface area contributed by atoms with Crippen LogP contribution in [-0.2, 0) is 4.79 Å². The van der Waals surface area contributed by atoms with Gasteiger partial charge in [-0.3, -0.25) is 14.9 Å². The molecule has 2 aromatic carbocycles. The standard InChI is InChI=1S/C19H20N2O4/c1-3-17(16-9-4-5-10-18(16)25-2)20-19(22)12-11-14-7-6-8-15(13-14)21(23)24/h4-13,17H,3H2,1-2H3,(H,20,22)/b12-11+. The lowest BCUT2D eigenvalue weighted by Crippen LogP contribution is -2.26. The number of hydrogen-bond acceptors (Lipinski definition) is 4. The van der Waals surface area contributed by atoms with Crippen molar-refractivity contribution in [2.24, 2.45) is 0 Å². The molecule has 2 rings (SSSR count). The molecule has 130 valence electrons. The monoisotopic (exact) mass is 340 g/mol. The van der Waals surface area contributed by atoms with Crippen LogP contribution in [0.2, 0.25) is 0 Å². The SMILES string of the molecule is CCC(NC(=O)/C=C/c1cccc([N+](=O)[O-])c1)c1ccccc1OC. The van der Waals surface area contributed by atoms with E-state index in [-0.39, 0.29) is 17.6 Å². The van der Waals surface area contributed by atoms with E-state index in [4.69, 9.17) is 4.74 Å². The van der Waals surface area contributed by atoms with Gasteiger partial charge in [-0.05, 0) is 24.1 Å². The number of hydrogen-bond donors (Lipinski definition) is 1. The summed E-state index contributed by atoms with van der Waals surface area (Å²) < 4.78 is 5.34. The highest BCUT2D eigenvalue weighted by molar-refractivity contribution is 5.92. The number of benzene rings is 2. The van der Waals surface area contributed by atoms with E-state index in [1.54, 1.807) is 25.3 Å². The summed E-state index contributed by atoms with van der Waals surface area (Å²) >= 11 is 0. The number of nitrogens with zero attached hydrogens (tertiary/aromatic N) is 1. The molecule has 0 spiro atoms. The quantitative estimate of drug-likeness (QED) is 0.471. The van der Waals surface area contributed by atoms with Gasteiger partial charge in [-0.15, -0.1) is 0 Å². The van der Waals surface area contributed by atoms with Crippen molar-refractivity contribution in [1.82, 2.24) is 5.32 Å². The second kappa shape index (κ2) is 8.63. The third kappa shape index (κ3) is 4.91. The van der Waals surface area contributed by atoms with Gasteiger partial charge in [0.15, 0.2) is 0 Å². The van der Waals surface area contributed by atoms with Gasteiger partial charge in [-0.25, -0.2) is 0 Å². The first kappa shape index (κ1) is 18.2. The third-order valence-corrected chi connectivity index (χ3v) is 3.75. The lowest BCUT2D eigenvalue weighted by atomic mass is 10.0. The van der Waals surface area contributed by atoms with E-state index in [0.717, 1.165) is 11.3 Å². The number of carbonyl (C=O) groups excluding carboxylic acids is 1. The van der Waals surface area contributed by atoms with Gasteiger partial charge in [0.05, 0.1) is 18.1 Å². The maximum Gasteiger partial charge on any atom is 0.270 e. The van der Waals surface area contributed by atoms with E-state index in [0.29, 0.717) is 12.0 Å². The molecular formula is C19H20N2O4. The van der Waals surface area contributed by atoms with Crippen LogP contribution in [0.5, 0.6) is 5.75 Å². The van der Waals surface area contributed by atoms with Crippen LogP contribution in [0.4, 0.5) is 5.69 Å². The molecule has 0 aromatic heterocycles. The van der Waals surface area contributed by atoms with E-state index in [1.807, 2.05) is 31.2 Å². The van der Waals surface area contributed by atoms with Crippen molar-refractivity contribution in [2.45, 2.75) is 19.4 Å². The Labute approximate surface area is 146 Å². The highest BCUT2D eigenvalue weighted by Gasteiger charge is 2.15. The molecule has 2 aromatic rings. The molecule has 0 heterocycles. The van der Waals surface area contributed by atoms with Crippen molar-refractivity contribution in [1.29, 1.82) is 0 Å². The second-order valence-electron chi connectivity index (χ2n) is 5.40. The van der Waals surface area contributed by atoms with Crippen molar-refractivity contribution < 1.29 is 14.5 Å². The summed E-state index contributed by atoms with van der Waals surface area (Å²) in [6.45, 7) is 1.97. The number of carbonyl (C=O) groups is 1. The summed E-state index contributed by atoms with van der Waals surface area (Å²) in [7, 11) is 1.59. The number of non-ortho nitro benzene ring substituents is 1. The van der Waals surface area contributed by atoms with Gasteiger partial charge in [-0.2, -0.15) is 0 Å². The number of para-hydroxylation sites is 1. The smallest absolute Gasteiger partial charge is 0.270 e. The molecule has 0 fully saturated rings. The van der Waals surface area contributed by atoms with Crippen LogP contribution in [0, 0.1) is 10.1 Å². The van der Waals surface area contributed by atoms with Crippen molar-refractivity contribution in [3.8, 4) is 5.75 Å². The van der Waals surface area contributed by atoms with Gasteiger partial charge >= 0.3 is 0 Å². The Morgan fingerprint density at radius 2 is 2.04 bits per heavy atom. The van der Waals surface area contributed by atoms with Gasteiger partial charge in [-0.1, -0.05) is 37.3 Å². The van der Waals surface area contributed by atoms with Crippen LogP contribution in [0.25, 0.3) is 6.08 Å². The van der Waals surface area contributed by atoms with Crippen LogP contribution in [-0.4, -0.2) is 17.9 Å². The molecule has 0 radical (unpaired) electrons. The van der Waals surface area contributed by atoms with E-state index < -0.39 is 4.92 Å². The van der Waals surface area contributed by atoms with Crippen LogP contribution in [0.15, 0.2) is 54.6 Å². The summed E-state index contributed by atoms with van der Waals surface area (Å²) in [5.74, 6) is 0.446. The predicted octanol–water partition coefficient (Wildman–Crippen LogP) is 3.88.